The van der Waals surface area contributed by atoms with E-state index in [0.29, 0.717) is 24.0 Å². The van der Waals surface area contributed by atoms with Crippen LogP contribution in [0.25, 0.3) is 0 Å². The number of aliphatic carboxylic acids is 1. The third-order valence-electron chi connectivity index (χ3n) is 3.82. The Morgan fingerprint density at radius 3 is 2.53 bits per heavy atom. The Morgan fingerprint density at radius 2 is 2.05 bits per heavy atom. The quantitative estimate of drug-likeness (QED) is 0.771. The van der Waals surface area contributed by atoms with E-state index in [0.717, 1.165) is 6.42 Å². The molecular weight excluding hydrogens is 246 g/mol. The van der Waals surface area contributed by atoms with Gasteiger partial charge in [-0.15, -0.1) is 0 Å². The number of carbonyl (C=O) groups excluding carboxylic acids is 1. The Hall–Kier alpha value is -2.04. The van der Waals surface area contributed by atoms with Gasteiger partial charge in [-0.25, -0.2) is 0 Å². The van der Waals surface area contributed by atoms with Crippen LogP contribution < -0.4 is 5.32 Å². The van der Waals surface area contributed by atoms with E-state index in [-0.39, 0.29) is 18.2 Å². The van der Waals surface area contributed by atoms with E-state index in [1.807, 2.05) is 0 Å². The van der Waals surface area contributed by atoms with Crippen LogP contribution in [0.1, 0.15) is 35.2 Å². The average molecular weight is 263 g/mol. The van der Waals surface area contributed by atoms with Crippen LogP contribution in [0.4, 0.5) is 0 Å². The summed E-state index contributed by atoms with van der Waals surface area (Å²) in [4.78, 5) is 23.1. The van der Waals surface area contributed by atoms with Gasteiger partial charge in [-0.2, -0.15) is 0 Å². The lowest BCUT2D eigenvalue weighted by Gasteiger charge is -2.37. The van der Waals surface area contributed by atoms with Gasteiger partial charge in [0, 0.05) is 12.1 Å². The van der Waals surface area contributed by atoms with Crippen molar-refractivity contribution in [3.63, 3.8) is 0 Å². The molecule has 0 unspecified atom stereocenters. The topological polar surface area (TPSA) is 86.6 Å². The number of aryl methyl sites for hydroxylation is 1. The average Bonchev–Trinajstić information content (AvgIpc) is 2.30. The fourth-order valence-electron chi connectivity index (χ4n) is 2.17. The third-order valence-corrected chi connectivity index (χ3v) is 3.82. The highest BCUT2D eigenvalue weighted by atomic mass is 16.4. The maximum atomic E-state index is 11.9. The number of benzene rings is 1. The molecule has 1 fully saturated rings. The minimum atomic E-state index is -0.856. The van der Waals surface area contributed by atoms with Crippen LogP contribution in [-0.4, -0.2) is 28.6 Å². The first-order valence-electron chi connectivity index (χ1n) is 6.26. The molecule has 0 aromatic heterocycles. The number of aromatic hydroxyl groups is 1. The molecule has 19 heavy (non-hydrogen) atoms. The second kappa shape index (κ2) is 4.91. The second-order valence-electron chi connectivity index (χ2n) is 5.12. The van der Waals surface area contributed by atoms with Crippen molar-refractivity contribution < 1.29 is 19.8 Å². The number of nitrogens with one attached hydrogen (secondary N) is 1. The zero-order chi connectivity index (χ0) is 14.0. The van der Waals surface area contributed by atoms with E-state index in [4.69, 9.17) is 5.11 Å². The highest BCUT2D eigenvalue weighted by molar-refractivity contribution is 5.95. The molecule has 1 amide bonds. The molecule has 0 saturated heterocycles. The summed E-state index contributed by atoms with van der Waals surface area (Å²) in [5.41, 5.74) is 0.225. The number of amides is 1. The molecule has 0 aliphatic heterocycles. The van der Waals surface area contributed by atoms with Gasteiger partial charge in [-0.3, -0.25) is 9.59 Å². The fourth-order valence-corrected chi connectivity index (χ4v) is 2.17. The number of carboxylic acid groups (broad SMARTS) is 1. The van der Waals surface area contributed by atoms with Crippen LogP contribution in [-0.2, 0) is 4.79 Å². The van der Waals surface area contributed by atoms with Gasteiger partial charge in [-0.1, -0.05) is 12.5 Å². The lowest BCUT2D eigenvalue weighted by molar-refractivity contribution is -0.153. The zero-order valence-corrected chi connectivity index (χ0v) is 10.8. The standard InChI is InChI=1S/C14H17NO4/c1-9-3-4-10(7-11(9)16)12(17)15-8-14(13(18)19)5-2-6-14/h3-4,7,16H,2,5-6,8H2,1H3,(H,15,17)(H,18,19). The molecule has 0 heterocycles. The van der Waals surface area contributed by atoms with Crippen LogP contribution in [0.5, 0.6) is 5.75 Å². The van der Waals surface area contributed by atoms with E-state index in [9.17, 15) is 14.7 Å². The molecule has 3 N–H and O–H groups in total. The molecule has 1 aliphatic carbocycles. The molecule has 2 rings (SSSR count). The normalized spacial score (nSPS) is 16.5. The first kappa shape index (κ1) is 13.4. The highest BCUT2D eigenvalue weighted by Crippen LogP contribution is 2.40. The Bertz CT molecular complexity index is 520. The van der Waals surface area contributed by atoms with Crippen molar-refractivity contribution in [3.8, 4) is 5.75 Å². The zero-order valence-electron chi connectivity index (χ0n) is 10.8. The molecule has 0 bridgehead atoms. The van der Waals surface area contributed by atoms with Crippen LogP contribution in [0.15, 0.2) is 18.2 Å². The van der Waals surface area contributed by atoms with Crippen molar-refractivity contribution in [1.29, 1.82) is 0 Å². The largest absolute Gasteiger partial charge is 0.508 e. The minimum Gasteiger partial charge on any atom is -0.508 e. The number of carboxylic acids is 1. The van der Waals surface area contributed by atoms with Crippen molar-refractivity contribution in [3.05, 3.63) is 29.3 Å². The first-order chi connectivity index (χ1) is 8.94. The van der Waals surface area contributed by atoms with Gasteiger partial charge in [0.1, 0.15) is 5.75 Å². The van der Waals surface area contributed by atoms with Crippen molar-refractivity contribution in [2.24, 2.45) is 5.41 Å². The molecule has 1 aromatic rings. The van der Waals surface area contributed by atoms with E-state index >= 15 is 0 Å². The summed E-state index contributed by atoms with van der Waals surface area (Å²) in [6.45, 7) is 1.88. The molecule has 1 saturated carbocycles. The summed E-state index contributed by atoms with van der Waals surface area (Å²) in [6, 6.07) is 4.65. The SMILES string of the molecule is Cc1ccc(C(=O)NCC2(C(=O)O)CCC2)cc1O. The van der Waals surface area contributed by atoms with E-state index in [1.54, 1.807) is 19.1 Å². The van der Waals surface area contributed by atoms with Gasteiger partial charge in [0.25, 0.3) is 5.91 Å². The monoisotopic (exact) mass is 263 g/mol. The van der Waals surface area contributed by atoms with Crippen molar-refractivity contribution >= 4 is 11.9 Å². The Kier molecular flexibility index (Phi) is 3.46. The molecule has 5 heteroatoms. The minimum absolute atomic E-state index is 0.0595. The Balaban J connectivity index is 2.01. The number of hydrogen-bond donors (Lipinski definition) is 3. The summed E-state index contributed by atoms with van der Waals surface area (Å²) >= 11 is 0. The Morgan fingerprint density at radius 1 is 1.37 bits per heavy atom. The fraction of sp³-hybridized carbons (Fsp3) is 0.429. The third kappa shape index (κ3) is 2.54. The number of phenols is 1. The number of carbonyl (C=O) groups is 2. The van der Waals surface area contributed by atoms with Crippen molar-refractivity contribution in [1.82, 2.24) is 5.32 Å². The summed E-state index contributed by atoms with van der Waals surface area (Å²) < 4.78 is 0. The lowest BCUT2D eigenvalue weighted by Crippen LogP contribution is -2.47. The number of phenolic OH excluding ortho intramolecular Hbond substituents is 1. The number of hydrogen-bond acceptors (Lipinski definition) is 3. The Labute approximate surface area is 111 Å². The van der Waals surface area contributed by atoms with Crippen LogP contribution in [0, 0.1) is 12.3 Å². The maximum Gasteiger partial charge on any atom is 0.311 e. The van der Waals surface area contributed by atoms with Gasteiger partial charge in [0.15, 0.2) is 0 Å². The predicted octanol–water partition coefficient (Wildman–Crippen LogP) is 1.69. The summed E-state index contributed by atoms with van der Waals surface area (Å²) in [7, 11) is 0. The molecule has 5 nitrogen and oxygen atoms in total. The van der Waals surface area contributed by atoms with Gasteiger partial charge in [0.05, 0.1) is 5.41 Å². The smallest absolute Gasteiger partial charge is 0.311 e. The lowest BCUT2D eigenvalue weighted by atomic mass is 9.69. The summed E-state index contributed by atoms with van der Waals surface area (Å²) in [5, 5.41) is 21.3. The molecule has 1 aliphatic rings. The van der Waals surface area contributed by atoms with Crippen molar-refractivity contribution in [2.75, 3.05) is 6.54 Å². The van der Waals surface area contributed by atoms with E-state index in [2.05, 4.69) is 5.32 Å². The van der Waals surface area contributed by atoms with Crippen LogP contribution in [0.2, 0.25) is 0 Å². The maximum absolute atomic E-state index is 11.9. The molecule has 0 spiro atoms. The van der Waals surface area contributed by atoms with Gasteiger partial charge >= 0.3 is 5.97 Å². The van der Waals surface area contributed by atoms with Gasteiger partial charge < -0.3 is 15.5 Å². The highest BCUT2D eigenvalue weighted by Gasteiger charge is 2.44. The van der Waals surface area contributed by atoms with Gasteiger partial charge in [-0.05, 0) is 37.5 Å². The predicted molar refractivity (Wildman–Crippen MR) is 69.1 cm³/mol. The molecule has 1 aromatic carbocycles. The summed E-state index contributed by atoms with van der Waals surface area (Å²) in [5.74, 6) is -1.15. The van der Waals surface area contributed by atoms with Crippen molar-refractivity contribution in [2.45, 2.75) is 26.2 Å². The molecule has 0 radical (unpaired) electrons. The van der Waals surface area contributed by atoms with Gasteiger partial charge in [0.2, 0.25) is 0 Å². The molecule has 0 atom stereocenters. The van der Waals surface area contributed by atoms with Crippen LogP contribution >= 0.6 is 0 Å². The number of rotatable bonds is 4. The summed E-state index contributed by atoms with van der Waals surface area (Å²) in [6.07, 6.45) is 2.08. The van der Waals surface area contributed by atoms with E-state index < -0.39 is 11.4 Å². The first-order valence-corrected chi connectivity index (χ1v) is 6.26. The van der Waals surface area contributed by atoms with E-state index in [1.165, 1.54) is 6.07 Å². The molecular formula is C14H17NO4. The molecule has 102 valence electrons. The second-order valence-corrected chi connectivity index (χ2v) is 5.12. The van der Waals surface area contributed by atoms with Crippen LogP contribution in [0.3, 0.4) is 0 Å².